The SMILES string of the molecule is CCO[C@H]1O[C@H](C(O)CO)[C@@H]2OC(C)(C)O[C@H]12. The van der Waals surface area contributed by atoms with Crippen molar-refractivity contribution in [2.24, 2.45) is 0 Å². The molecule has 2 aliphatic rings. The Hall–Kier alpha value is -0.240. The highest BCUT2D eigenvalue weighted by Crippen LogP contribution is 2.39. The molecule has 100 valence electrons. The van der Waals surface area contributed by atoms with Crippen molar-refractivity contribution in [1.82, 2.24) is 0 Å². The smallest absolute Gasteiger partial charge is 0.187 e. The van der Waals surface area contributed by atoms with Gasteiger partial charge >= 0.3 is 0 Å². The van der Waals surface area contributed by atoms with E-state index in [0.29, 0.717) is 6.61 Å². The van der Waals surface area contributed by atoms with Gasteiger partial charge in [-0.25, -0.2) is 0 Å². The van der Waals surface area contributed by atoms with Gasteiger partial charge in [-0.15, -0.1) is 0 Å². The third-order valence-electron chi connectivity index (χ3n) is 2.94. The lowest BCUT2D eigenvalue weighted by atomic mass is 10.1. The van der Waals surface area contributed by atoms with Crippen LogP contribution in [0.1, 0.15) is 20.8 Å². The van der Waals surface area contributed by atoms with Crippen LogP contribution in [0.15, 0.2) is 0 Å². The van der Waals surface area contributed by atoms with Crippen molar-refractivity contribution in [1.29, 1.82) is 0 Å². The van der Waals surface area contributed by atoms with E-state index in [1.807, 2.05) is 6.92 Å². The van der Waals surface area contributed by atoms with Gasteiger partial charge in [-0.05, 0) is 20.8 Å². The van der Waals surface area contributed by atoms with Crippen LogP contribution in [0, 0.1) is 0 Å². The normalized spacial score (nSPS) is 41.5. The lowest BCUT2D eigenvalue weighted by Crippen LogP contribution is -2.40. The Morgan fingerprint density at radius 2 is 1.94 bits per heavy atom. The standard InChI is InChI=1S/C11H20O6/c1-4-14-10-9-8(16-11(2,3)17-9)7(15-10)6(13)5-12/h6-10,12-13H,4-5H2,1-3H3/t6?,7-,8+,9+,10+/m1/s1. The Kier molecular flexibility index (Phi) is 3.72. The summed E-state index contributed by atoms with van der Waals surface area (Å²) in [5.74, 6) is -0.720. The molecule has 0 aromatic heterocycles. The van der Waals surface area contributed by atoms with Crippen molar-refractivity contribution in [3.63, 3.8) is 0 Å². The molecule has 5 atom stereocenters. The zero-order valence-electron chi connectivity index (χ0n) is 10.3. The molecule has 0 aromatic carbocycles. The number of aliphatic hydroxyl groups is 2. The topological polar surface area (TPSA) is 77.4 Å². The molecule has 0 radical (unpaired) electrons. The average Bonchev–Trinajstić information content (AvgIpc) is 2.73. The molecule has 17 heavy (non-hydrogen) atoms. The second-order valence-electron chi connectivity index (χ2n) is 4.74. The van der Waals surface area contributed by atoms with Crippen LogP contribution in [0.2, 0.25) is 0 Å². The largest absolute Gasteiger partial charge is 0.394 e. The first-order chi connectivity index (χ1) is 7.98. The van der Waals surface area contributed by atoms with E-state index in [1.165, 1.54) is 0 Å². The third kappa shape index (κ3) is 2.47. The summed E-state index contributed by atoms with van der Waals surface area (Å²) < 4.78 is 22.3. The van der Waals surface area contributed by atoms with E-state index in [2.05, 4.69) is 0 Å². The predicted molar refractivity (Wildman–Crippen MR) is 57.2 cm³/mol. The molecule has 0 spiro atoms. The minimum Gasteiger partial charge on any atom is -0.394 e. The van der Waals surface area contributed by atoms with Crippen LogP contribution in [-0.4, -0.2) is 59.9 Å². The predicted octanol–water partition coefficient (Wildman–Crippen LogP) is -0.379. The molecule has 2 N–H and O–H groups in total. The number of hydrogen-bond acceptors (Lipinski definition) is 6. The molecule has 0 bridgehead atoms. The summed E-state index contributed by atoms with van der Waals surface area (Å²) in [6.07, 6.45) is -2.95. The first-order valence-electron chi connectivity index (χ1n) is 5.90. The molecule has 6 heteroatoms. The molecule has 2 rings (SSSR count). The lowest BCUT2D eigenvalue weighted by Gasteiger charge is -2.25. The molecular formula is C11H20O6. The van der Waals surface area contributed by atoms with Crippen molar-refractivity contribution in [2.45, 2.75) is 57.3 Å². The molecule has 2 fully saturated rings. The van der Waals surface area contributed by atoms with Crippen molar-refractivity contribution in [3.05, 3.63) is 0 Å². The van der Waals surface area contributed by atoms with Gasteiger partial charge in [0.1, 0.15) is 24.4 Å². The van der Waals surface area contributed by atoms with E-state index in [4.69, 9.17) is 24.1 Å². The van der Waals surface area contributed by atoms with Gasteiger partial charge in [-0.3, -0.25) is 0 Å². The van der Waals surface area contributed by atoms with Crippen molar-refractivity contribution in [2.75, 3.05) is 13.2 Å². The zero-order chi connectivity index (χ0) is 12.6. The van der Waals surface area contributed by atoms with Crippen molar-refractivity contribution in [3.8, 4) is 0 Å². The Morgan fingerprint density at radius 3 is 2.53 bits per heavy atom. The van der Waals surface area contributed by atoms with E-state index in [-0.39, 0.29) is 12.7 Å². The molecule has 1 unspecified atom stereocenters. The fourth-order valence-corrected chi connectivity index (χ4v) is 2.30. The number of rotatable bonds is 4. The Labute approximate surface area is 100 Å². The number of aliphatic hydroxyl groups excluding tert-OH is 2. The molecular weight excluding hydrogens is 228 g/mol. The molecule has 2 saturated heterocycles. The van der Waals surface area contributed by atoms with Gasteiger partial charge in [0.15, 0.2) is 12.1 Å². The van der Waals surface area contributed by atoms with Crippen LogP contribution < -0.4 is 0 Å². The van der Waals surface area contributed by atoms with Gasteiger partial charge in [-0.2, -0.15) is 0 Å². The summed E-state index contributed by atoms with van der Waals surface area (Å²) in [4.78, 5) is 0. The fraction of sp³-hybridized carbons (Fsp3) is 1.00. The number of ether oxygens (including phenoxy) is 4. The Morgan fingerprint density at radius 1 is 1.29 bits per heavy atom. The summed E-state index contributed by atoms with van der Waals surface area (Å²) in [7, 11) is 0. The van der Waals surface area contributed by atoms with Gasteiger partial charge in [0.25, 0.3) is 0 Å². The maximum absolute atomic E-state index is 9.69. The highest BCUT2D eigenvalue weighted by Gasteiger charge is 2.57. The fourth-order valence-electron chi connectivity index (χ4n) is 2.30. The summed E-state index contributed by atoms with van der Waals surface area (Å²) in [6, 6.07) is 0. The first-order valence-corrected chi connectivity index (χ1v) is 5.90. The van der Waals surface area contributed by atoms with E-state index >= 15 is 0 Å². The third-order valence-corrected chi connectivity index (χ3v) is 2.94. The Balaban J connectivity index is 2.12. The van der Waals surface area contributed by atoms with Crippen LogP contribution in [-0.2, 0) is 18.9 Å². The Bertz CT molecular complexity index is 267. The first kappa shape index (κ1) is 13.2. The number of hydrogen-bond donors (Lipinski definition) is 2. The second-order valence-corrected chi connectivity index (χ2v) is 4.74. The number of fused-ring (bicyclic) bond motifs is 1. The minimum atomic E-state index is -0.995. The minimum absolute atomic E-state index is 0.365. The summed E-state index contributed by atoms with van der Waals surface area (Å²) in [6.45, 7) is 5.57. The van der Waals surface area contributed by atoms with Crippen LogP contribution >= 0.6 is 0 Å². The summed E-state index contributed by atoms with van der Waals surface area (Å²) in [5.41, 5.74) is 0. The molecule has 0 aromatic rings. The second kappa shape index (κ2) is 4.79. The highest BCUT2D eigenvalue weighted by molar-refractivity contribution is 4.97. The van der Waals surface area contributed by atoms with Crippen LogP contribution in [0.5, 0.6) is 0 Å². The van der Waals surface area contributed by atoms with E-state index < -0.39 is 30.4 Å². The van der Waals surface area contributed by atoms with E-state index in [0.717, 1.165) is 0 Å². The van der Waals surface area contributed by atoms with Crippen LogP contribution in [0.4, 0.5) is 0 Å². The van der Waals surface area contributed by atoms with Crippen molar-refractivity contribution >= 4 is 0 Å². The van der Waals surface area contributed by atoms with Gasteiger partial charge in [0.05, 0.1) is 6.61 Å². The van der Waals surface area contributed by atoms with Gasteiger partial charge in [-0.1, -0.05) is 0 Å². The summed E-state index contributed by atoms with van der Waals surface area (Å²) >= 11 is 0. The van der Waals surface area contributed by atoms with Crippen LogP contribution in [0.3, 0.4) is 0 Å². The highest BCUT2D eigenvalue weighted by atomic mass is 16.8. The summed E-state index contributed by atoms with van der Waals surface area (Å²) in [5, 5.41) is 18.7. The van der Waals surface area contributed by atoms with Gasteiger partial charge < -0.3 is 29.2 Å². The molecule has 6 nitrogen and oxygen atoms in total. The molecule has 0 saturated carbocycles. The lowest BCUT2D eigenvalue weighted by molar-refractivity contribution is -0.243. The van der Waals surface area contributed by atoms with E-state index in [1.54, 1.807) is 13.8 Å². The monoisotopic (exact) mass is 248 g/mol. The maximum atomic E-state index is 9.69. The quantitative estimate of drug-likeness (QED) is 0.706. The van der Waals surface area contributed by atoms with Crippen molar-refractivity contribution < 1.29 is 29.2 Å². The van der Waals surface area contributed by atoms with Gasteiger partial charge in [0.2, 0.25) is 0 Å². The van der Waals surface area contributed by atoms with Gasteiger partial charge in [0, 0.05) is 6.61 Å². The maximum Gasteiger partial charge on any atom is 0.187 e. The molecule has 2 aliphatic heterocycles. The zero-order valence-corrected chi connectivity index (χ0v) is 10.3. The van der Waals surface area contributed by atoms with E-state index in [9.17, 15) is 5.11 Å². The molecule has 0 aliphatic carbocycles. The molecule has 0 amide bonds. The molecule has 2 heterocycles. The van der Waals surface area contributed by atoms with Crippen LogP contribution in [0.25, 0.3) is 0 Å². The average molecular weight is 248 g/mol.